The van der Waals surface area contributed by atoms with E-state index in [9.17, 15) is 0 Å². The highest BCUT2D eigenvalue weighted by Gasteiger charge is 2.36. The summed E-state index contributed by atoms with van der Waals surface area (Å²) >= 11 is 0. The third-order valence-electron chi connectivity index (χ3n) is 6.40. The van der Waals surface area contributed by atoms with Crippen LogP contribution in [0, 0.1) is 12.3 Å². The van der Waals surface area contributed by atoms with Gasteiger partial charge in [0.15, 0.2) is 0 Å². The van der Waals surface area contributed by atoms with Crippen molar-refractivity contribution in [1.29, 1.82) is 0 Å². The fourth-order valence-corrected chi connectivity index (χ4v) is 4.58. The Morgan fingerprint density at radius 1 is 0.743 bits per heavy atom. The smallest absolute Gasteiger partial charge is 0.362 e. The highest BCUT2D eigenvalue weighted by molar-refractivity contribution is 6.80. The SMILES string of the molecule is Cc1ccc(-c2nc(C(OB(c3ccccc3)c3ccccc3)C(C)(C)C)c3ccccn23)cc1. The Balaban J connectivity index is 1.65. The van der Waals surface area contributed by atoms with Crippen LogP contribution in [0.5, 0.6) is 0 Å². The van der Waals surface area contributed by atoms with Crippen LogP contribution >= 0.6 is 0 Å². The van der Waals surface area contributed by atoms with Gasteiger partial charge < -0.3 is 4.65 Å². The van der Waals surface area contributed by atoms with Gasteiger partial charge in [0.2, 0.25) is 0 Å². The molecule has 0 N–H and O–H groups in total. The van der Waals surface area contributed by atoms with Gasteiger partial charge in [0.1, 0.15) is 5.82 Å². The first-order chi connectivity index (χ1) is 16.9. The van der Waals surface area contributed by atoms with Crippen LogP contribution in [0.4, 0.5) is 0 Å². The van der Waals surface area contributed by atoms with Gasteiger partial charge in [-0.3, -0.25) is 4.40 Å². The zero-order valence-electron chi connectivity index (χ0n) is 20.8. The van der Waals surface area contributed by atoms with Crippen molar-refractivity contribution in [3.63, 3.8) is 0 Å². The Morgan fingerprint density at radius 2 is 1.31 bits per heavy atom. The fraction of sp³-hybridized carbons (Fsp3) is 0.194. The lowest BCUT2D eigenvalue weighted by Gasteiger charge is -2.33. The Labute approximate surface area is 208 Å². The first kappa shape index (κ1) is 23.1. The summed E-state index contributed by atoms with van der Waals surface area (Å²) in [6, 6.07) is 35.8. The number of benzene rings is 3. The molecule has 1 unspecified atom stereocenters. The van der Waals surface area contributed by atoms with Gasteiger partial charge in [-0.2, -0.15) is 0 Å². The molecule has 3 aromatic carbocycles. The summed E-state index contributed by atoms with van der Waals surface area (Å²) < 4.78 is 9.26. The molecule has 0 fully saturated rings. The predicted octanol–water partition coefficient (Wildman–Crippen LogP) is 6.22. The molecule has 35 heavy (non-hydrogen) atoms. The molecule has 0 amide bonds. The average molecular weight is 458 g/mol. The van der Waals surface area contributed by atoms with Gasteiger partial charge in [-0.15, -0.1) is 0 Å². The van der Waals surface area contributed by atoms with Crippen molar-refractivity contribution in [3.05, 3.63) is 121 Å². The van der Waals surface area contributed by atoms with Gasteiger partial charge in [0, 0.05) is 11.8 Å². The van der Waals surface area contributed by atoms with Crippen LogP contribution in [-0.4, -0.2) is 16.3 Å². The number of fused-ring (bicyclic) bond motifs is 1. The molecule has 0 radical (unpaired) electrons. The van der Waals surface area contributed by atoms with Crippen molar-refractivity contribution in [3.8, 4) is 11.4 Å². The van der Waals surface area contributed by atoms with E-state index in [0.717, 1.165) is 33.5 Å². The molecule has 0 aliphatic rings. The van der Waals surface area contributed by atoms with Gasteiger partial charge in [0.05, 0.1) is 17.3 Å². The molecule has 2 aromatic heterocycles. The number of imidazole rings is 1. The quantitative estimate of drug-likeness (QED) is 0.283. The second-order valence-corrected chi connectivity index (χ2v) is 10.2. The van der Waals surface area contributed by atoms with E-state index in [0.29, 0.717) is 0 Å². The van der Waals surface area contributed by atoms with Gasteiger partial charge in [-0.1, -0.05) is 117 Å². The van der Waals surface area contributed by atoms with Gasteiger partial charge in [-0.05, 0) is 35.4 Å². The maximum Gasteiger partial charge on any atom is 0.362 e. The zero-order valence-corrected chi connectivity index (χ0v) is 20.8. The molecule has 2 heterocycles. The summed E-state index contributed by atoms with van der Waals surface area (Å²) in [7, 11) is 0. The molecule has 0 saturated heterocycles. The molecule has 3 nitrogen and oxygen atoms in total. The molecule has 5 aromatic rings. The molecule has 0 bridgehead atoms. The number of aryl methyl sites for hydroxylation is 1. The first-order valence-electron chi connectivity index (χ1n) is 12.2. The summed E-state index contributed by atoms with van der Waals surface area (Å²) in [6.07, 6.45) is 1.86. The number of rotatable bonds is 6. The molecule has 4 heteroatoms. The molecular weight excluding hydrogens is 427 g/mol. The van der Waals surface area contributed by atoms with Gasteiger partial charge in [-0.25, -0.2) is 4.98 Å². The molecule has 1 atom stereocenters. The second-order valence-electron chi connectivity index (χ2n) is 10.2. The lowest BCUT2D eigenvalue weighted by atomic mass is 9.55. The van der Waals surface area contributed by atoms with Crippen molar-refractivity contribution < 1.29 is 4.65 Å². The number of hydrogen-bond acceptors (Lipinski definition) is 2. The van der Waals surface area contributed by atoms with Gasteiger partial charge in [0.25, 0.3) is 0 Å². The van der Waals surface area contributed by atoms with E-state index in [2.05, 4.69) is 129 Å². The predicted molar refractivity (Wildman–Crippen MR) is 147 cm³/mol. The molecule has 0 saturated carbocycles. The zero-order chi connectivity index (χ0) is 24.4. The highest BCUT2D eigenvalue weighted by Crippen LogP contribution is 2.39. The normalized spacial score (nSPS) is 12.6. The van der Waals surface area contributed by atoms with Crippen molar-refractivity contribution in [2.24, 2.45) is 5.41 Å². The minimum atomic E-state index is -0.232. The highest BCUT2D eigenvalue weighted by atomic mass is 16.4. The number of pyridine rings is 1. The van der Waals surface area contributed by atoms with Crippen molar-refractivity contribution >= 4 is 23.4 Å². The van der Waals surface area contributed by atoms with E-state index in [1.807, 2.05) is 12.1 Å². The molecule has 0 spiro atoms. The Morgan fingerprint density at radius 3 is 1.89 bits per heavy atom. The second kappa shape index (κ2) is 9.55. The fourth-order valence-electron chi connectivity index (χ4n) is 4.58. The number of hydrogen-bond donors (Lipinski definition) is 0. The molecule has 0 aliphatic heterocycles. The monoisotopic (exact) mass is 458 g/mol. The maximum absolute atomic E-state index is 7.07. The van der Waals surface area contributed by atoms with Crippen LogP contribution in [0.25, 0.3) is 16.9 Å². The third kappa shape index (κ3) is 4.80. The summed E-state index contributed by atoms with van der Waals surface area (Å²) in [5.74, 6) is 0.935. The summed E-state index contributed by atoms with van der Waals surface area (Å²) in [4.78, 5) is 5.23. The lowest BCUT2D eigenvalue weighted by molar-refractivity contribution is 0.0875. The van der Waals surface area contributed by atoms with E-state index >= 15 is 0 Å². The van der Waals surface area contributed by atoms with Crippen molar-refractivity contribution in [2.75, 3.05) is 0 Å². The molecule has 174 valence electrons. The summed E-state index contributed by atoms with van der Waals surface area (Å²) in [6.45, 7) is 8.58. The van der Waals surface area contributed by atoms with E-state index in [4.69, 9.17) is 9.64 Å². The van der Waals surface area contributed by atoms with Crippen LogP contribution in [0.1, 0.15) is 38.1 Å². The van der Waals surface area contributed by atoms with Gasteiger partial charge >= 0.3 is 6.92 Å². The molecular formula is C31H31BN2O. The van der Waals surface area contributed by atoms with Crippen LogP contribution in [0.3, 0.4) is 0 Å². The number of nitrogens with zero attached hydrogens (tertiary/aromatic N) is 2. The first-order valence-corrected chi connectivity index (χ1v) is 12.2. The van der Waals surface area contributed by atoms with Crippen LogP contribution in [0.15, 0.2) is 109 Å². The van der Waals surface area contributed by atoms with Crippen LogP contribution in [-0.2, 0) is 4.65 Å². The molecule has 5 rings (SSSR count). The largest absolute Gasteiger partial charge is 0.418 e. The number of aromatic nitrogens is 2. The summed E-state index contributed by atoms with van der Waals surface area (Å²) in [5, 5.41) is 0. The topological polar surface area (TPSA) is 26.5 Å². The average Bonchev–Trinajstić information content (AvgIpc) is 3.25. The lowest BCUT2D eigenvalue weighted by Crippen LogP contribution is -2.47. The van der Waals surface area contributed by atoms with E-state index in [-0.39, 0.29) is 18.4 Å². The van der Waals surface area contributed by atoms with E-state index in [1.54, 1.807) is 0 Å². The summed E-state index contributed by atoms with van der Waals surface area (Å²) in [5.41, 5.74) is 6.45. The minimum Gasteiger partial charge on any atom is -0.418 e. The maximum atomic E-state index is 7.07. The Kier molecular flexibility index (Phi) is 6.32. The standard InChI is InChI=1S/C31H31BN2O/c1-23-18-20-24(21-19-23)30-33-28(27-17-11-12-22-34(27)30)29(31(2,3)4)35-32(25-13-7-5-8-14-25)26-15-9-6-10-16-26/h5-22,29H,1-4H3. The Hall–Kier alpha value is -3.63. The minimum absolute atomic E-state index is 0.183. The van der Waals surface area contributed by atoms with E-state index < -0.39 is 0 Å². The van der Waals surface area contributed by atoms with Crippen molar-refractivity contribution in [2.45, 2.75) is 33.8 Å². The van der Waals surface area contributed by atoms with Crippen LogP contribution in [0.2, 0.25) is 0 Å². The van der Waals surface area contributed by atoms with Crippen molar-refractivity contribution in [1.82, 2.24) is 9.38 Å². The van der Waals surface area contributed by atoms with Crippen LogP contribution < -0.4 is 10.9 Å². The third-order valence-corrected chi connectivity index (χ3v) is 6.40. The van der Waals surface area contributed by atoms with E-state index in [1.165, 1.54) is 5.56 Å². The molecule has 0 aliphatic carbocycles. The Bertz CT molecular complexity index is 1360.